The molecule has 0 fully saturated rings. The molecule has 0 heterocycles. The SMILES string of the molecule is COc1cc(OC)c(C=NNC(=O)c2cccc(NC(C)=O)c2)cc1Br. The maximum Gasteiger partial charge on any atom is 0.271 e. The molecular weight excluding hydrogens is 402 g/mol. The number of nitrogens with one attached hydrogen (secondary N) is 2. The van der Waals surface area contributed by atoms with Gasteiger partial charge in [-0.2, -0.15) is 5.10 Å². The zero-order chi connectivity index (χ0) is 19.1. The highest BCUT2D eigenvalue weighted by molar-refractivity contribution is 9.10. The topological polar surface area (TPSA) is 89.0 Å². The number of methoxy groups -OCH3 is 2. The molecule has 8 heteroatoms. The fourth-order valence-corrected chi connectivity index (χ4v) is 2.67. The average Bonchev–Trinajstić information content (AvgIpc) is 2.61. The van der Waals surface area contributed by atoms with Gasteiger partial charge in [0.2, 0.25) is 5.91 Å². The van der Waals surface area contributed by atoms with Crippen LogP contribution >= 0.6 is 15.9 Å². The van der Waals surface area contributed by atoms with Crippen LogP contribution in [0.5, 0.6) is 11.5 Å². The lowest BCUT2D eigenvalue weighted by molar-refractivity contribution is -0.114. The standard InChI is InChI=1S/C18H18BrN3O4/c1-11(23)21-14-6-4-5-12(7-14)18(24)22-20-10-13-8-15(19)17(26-3)9-16(13)25-2/h4-10H,1-3H3,(H,21,23)(H,22,24). The minimum Gasteiger partial charge on any atom is -0.496 e. The summed E-state index contributed by atoms with van der Waals surface area (Å²) in [4.78, 5) is 23.3. The van der Waals surface area contributed by atoms with E-state index in [0.29, 0.717) is 28.3 Å². The predicted octanol–water partition coefficient (Wildman–Crippen LogP) is 3.19. The van der Waals surface area contributed by atoms with Crippen molar-refractivity contribution in [2.45, 2.75) is 6.92 Å². The second-order valence-electron chi connectivity index (χ2n) is 5.19. The van der Waals surface area contributed by atoms with Crippen molar-refractivity contribution in [2.24, 2.45) is 5.10 Å². The van der Waals surface area contributed by atoms with E-state index in [1.54, 1.807) is 43.5 Å². The van der Waals surface area contributed by atoms with Gasteiger partial charge in [0.05, 0.1) is 24.9 Å². The largest absolute Gasteiger partial charge is 0.496 e. The molecule has 0 bridgehead atoms. The van der Waals surface area contributed by atoms with Crippen LogP contribution in [0.25, 0.3) is 0 Å². The molecule has 0 spiro atoms. The summed E-state index contributed by atoms with van der Waals surface area (Å²) in [6.07, 6.45) is 1.47. The smallest absolute Gasteiger partial charge is 0.271 e. The molecule has 2 aromatic carbocycles. The zero-order valence-corrected chi connectivity index (χ0v) is 16.1. The number of nitrogens with zero attached hydrogens (tertiary/aromatic N) is 1. The Morgan fingerprint density at radius 3 is 2.50 bits per heavy atom. The molecule has 0 radical (unpaired) electrons. The molecule has 136 valence electrons. The number of amides is 2. The Kier molecular flexibility index (Phi) is 6.74. The van der Waals surface area contributed by atoms with Crippen molar-refractivity contribution >= 4 is 39.6 Å². The molecule has 0 aliphatic heterocycles. The van der Waals surface area contributed by atoms with E-state index in [1.165, 1.54) is 20.2 Å². The highest BCUT2D eigenvalue weighted by Gasteiger charge is 2.09. The van der Waals surface area contributed by atoms with Gasteiger partial charge < -0.3 is 14.8 Å². The Morgan fingerprint density at radius 1 is 1.12 bits per heavy atom. The van der Waals surface area contributed by atoms with Crippen molar-refractivity contribution in [1.29, 1.82) is 0 Å². The molecule has 0 aromatic heterocycles. The van der Waals surface area contributed by atoms with Gasteiger partial charge in [0.15, 0.2) is 0 Å². The molecule has 2 rings (SSSR count). The lowest BCUT2D eigenvalue weighted by Gasteiger charge is -2.09. The van der Waals surface area contributed by atoms with Crippen LogP contribution in [-0.4, -0.2) is 32.2 Å². The zero-order valence-electron chi connectivity index (χ0n) is 14.5. The van der Waals surface area contributed by atoms with Crippen LogP contribution in [0.2, 0.25) is 0 Å². The van der Waals surface area contributed by atoms with Crippen molar-refractivity contribution in [3.05, 3.63) is 52.0 Å². The normalized spacial score (nSPS) is 10.5. The number of benzene rings is 2. The van der Waals surface area contributed by atoms with Crippen LogP contribution in [0.3, 0.4) is 0 Å². The summed E-state index contributed by atoms with van der Waals surface area (Å²) in [6, 6.07) is 10.0. The third-order valence-corrected chi connectivity index (χ3v) is 3.94. The van der Waals surface area contributed by atoms with Crippen LogP contribution < -0.4 is 20.2 Å². The average molecular weight is 420 g/mol. The highest BCUT2D eigenvalue weighted by atomic mass is 79.9. The van der Waals surface area contributed by atoms with Gasteiger partial charge in [-0.3, -0.25) is 9.59 Å². The minimum absolute atomic E-state index is 0.210. The number of halogens is 1. The summed E-state index contributed by atoms with van der Waals surface area (Å²) in [5.41, 5.74) is 4.01. The monoisotopic (exact) mass is 419 g/mol. The van der Waals surface area contributed by atoms with Crippen LogP contribution in [0, 0.1) is 0 Å². The fraction of sp³-hybridized carbons (Fsp3) is 0.167. The van der Waals surface area contributed by atoms with Crippen molar-refractivity contribution < 1.29 is 19.1 Å². The van der Waals surface area contributed by atoms with Crippen molar-refractivity contribution in [3.63, 3.8) is 0 Å². The molecule has 7 nitrogen and oxygen atoms in total. The van der Waals surface area contributed by atoms with Gasteiger partial charge in [0.25, 0.3) is 5.91 Å². The van der Waals surface area contributed by atoms with E-state index in [-0.39, 0.29) is 5.91 Å². The van der Waals surface area contributed by atoms with Crippen molar-refractivity contribution in [3.8, 4) is 11.5 Å². The molecule has 0 atom stereocenters. The Labute approximate surface area is 159 Å². The third-order valence-electron chi connectivity index (χ3n) is 3.32. The van der Waals surface area contributed by atoms with Gasteiger partial charge in [-0.25, -0.2) is 5.43 Å². The third kappa shape index (κ3) is 5.06. The number of anilines is 1. The lowest BCUT2D eigenvalue weighted by Crippen LogP contribution is -2.18. The van der Waals surface area contributed by atoms with Gasteiger partial charge >= 0.3 is 0 Å². The van der Waals surface area contributed by atoms with Crippen LogP contribution in [0.1, 0.15) is 22.8 Å². The van der Waals surface area contributed by atoms with E-state index < -0.39 is 5.91 Å². The first-order valence-electron chi connectivity index (χ1n) is 7.57. The first-order chi connectivity index (χ1) is 12.4. The van der Waals surface area contributed by atoms with Crippen molar-refractivity contribution in [1.82, 2.24) is 5.43 Å². The highest BCUT2D eigenvalue weighted by Crippen LogP contribution is 2.31. The predicted molar refractivity (Wildman–Crippen MR) is 103 cm³/mol. The molecule has 0 aliphatic carbocycles. The number of hydrazone groups is 1. The number of ether oxygens (including phenoxy) is 2. The first kappa shape index (κ1) is 19.5. The van der Waals surface area contributed by atoms with Gasteiger partial charge in [-0.05, 0) is 40.2 Å². The van der Waals surface area contributed by atoms with Crippen molar-refractivity contribution in [2.75, 3.05) is 19.5 Å². The quantitative estimate of drug-likeness (QED) is 0.555. The first-order valence-corrected chi connectivity index (χ1v) is 8.36. The molecule has 2 aromatic rings. The molecule has 2 amide bonds. The fourth-order valence-electron chi connectivity index (χ4n) is 2.15. The maximum absolute atomic E-state index is 12.2. The Bertz CT molecular complexity index is 852. The van der Waals surface area contributed by atoms with E-state index in [2.05, 4.69) is 31.8 Å². The summed E-state index contributed by atoms with van der Waals surface area (Å²) < 4.78 is 11.2. The minimum atomic E-state index is -0.403. The summed E-state index contributed by atoms with van der Waals surface area (Å²) >= 11 is 3.39. The van der Waals surface area contributed by atoms with E-state index >= 15 is 0 Å². The Balaban J connectivity index is 2.12. The van der Waals surface area contributed by atoms with Crippen LogP contribution in [-0.2, 0) is 4.79 Å². The van der Waals surface area contributed by atoms with E-state index in [9.17, 15) is 9.59 Å². The molecule has 2 N–H and O–H groups in total. The van der Waals surface area contributed by atoms with Crippen LogP contribution in [0.15, 0.2) is 46.0 Å². The second kappa shape index (κ2) is 9.00. The number of rotatable bonds is 6. The molecule has 26 heavy (non-hydrogen) atoms. The Hall–Kier alpha value is -2.87. The summed E-state index contributed by atoms with van der Waals surface area (Å²) in [6.45, 7) is 1.40. The van der Waals surface area contributed by atoms with Gasteiger partial charge in [0, 0.05) is 29.8 Å². The molecule has 0 saturated carbocycles. The summed E-state index contributed by atoms with van der Waals surface area (Å²) in [5, 5.41) is 6.58. The summed E-state index contributed by atoms with van der Waals surface area (Å²) in [5.74, 6) is 0.561. The van der Waals surface area contributed by atoms with E-state index in [4.69, 9.17) is 9.47 Å². The Morgan fingerprint density at radius 2 is 1.85 bits per heavy atom. The lowest BCUT2D eigenvalue weighted by atomic mass is 10.2. The number of carbonyl (C=O) groups excluding carboxylic acids is 2. The number of carbonyl (C=O) groups is 2. The molecular formula is C18H18BrN3O4. The molecule has 0 aliphatic rings. The maximum atomic E-state index is 12.2. The summed E-state index contributed by atoms with van der Waals surface area (Å²) in [7, 11) is 3.09. The molecule has 0 saturated heterocycles. The van der Waals surface area contributed by atoms with Gasteiger partial charge in [0.1, 0.15) is 11.5 Å². The number of hydrogen-bond donors (Lipinski definition) is 2. The van der Waals surface area contributed by atoms with Crippen LogP contribution in [0.4, 0.5) is 5.69 Å². The van der Waals surface area contributed by atoms with E-state index in [0.717, 1.165) is 4.47 Å². The number of hydrogen-bond acceptors (Lipinski definition) is 5. The molecule has 0 unspecified atom stereocenters. The van der Waals surface area contributed by atoms with Gasteiger partial charge in [-0.15, -0.1) is 0 Å². The van der Waals surface area contributed by atoms with E-state index in [1.807, 2.05) is 0 Å². The second-order valence-corrected chi connectivity index (χ2v) is 6.04. The van der Waals surface area contributed by atoms with Gasteiger partial charge in [-0.1, -0.05) is 6.07 Å².